The second-order valence-electron chi connectivity index (χ2n) is 5.38. The van der Waals surface area contributed by atoms with Crippen molar-refractivity contribution in [1.29, 1.82) is 0 Å². The van der Waals surface area contributed by atoms with Crippen LogP contribution in [0.4, 0.5) is 0 Å². The minimum atomic E-state index is -0.537. The number of rotatable bonds is 4. The molecule has 4 heteroatoms. The van der Waals surface area contributed by atoms with Crippen LogP contribution < -0.4 is 5.32 Å². The summed E-state index contributed by atoms with van der Waals surface area (Å²) in [6, 6.07) is 11.4. The number of aliphatic hydroxyl groups excluding tert-OH is 1. The van der Waals surface area contributed by atoms with Crippen LogP contribution in [0, 0.1) is 0 Å². The second-order valence-corrected chi connectivity index (χ2v) is 5.38. The molecule has 3 rings (SSSR count). The Morgan fingerprint density at radius 3 is 2.95 bits per heavy atom. The van der Waals surface area contributed by atoms with Crippen molar-refractivity contribution in [3.05, 3.63) is 65.5 Å². The first-order valence-electron chi connectivity index (χ1n) is 7.18. The molecule has 0 bridgehead atoms. The molecule has 1 aliphatic carbocycles. The third kappa shape index (κ3) is 3.11. The highest BCUT2D eigenvalue weighted by Gasteiger charge is 2.31. The van der Waals surface area contributed by atoms with Gasteiger partial charge in [0.2, 0.25) is 5.91 Å². The lowest BCUT2D eigenvalue weighted by atomic mass is 10.1. The highest BCUT2D eigenvalue weighted by atomic mass is 16.3. The molecule has 2 atom stereocenters. The first-order chi connectivity index (χ1) is 10.2. The van der Waals surface area contributed by atoms with Crippen molar-refractivity contribution < 1.29 is 9.90 Å². The maximum Gasteiger partial charge on any atom is 0.220 e. The van der Waals surface area contributed by atoms with Crippen molar-refractivity contribution in [2.45, 2.75) is 31.4 Å². The average molecular weight is 282 g/mol. The molecule has 4 nitrogen and oxygen atoms in total. The molecule has 1 aromatic heterocycles. The Bertz CT molecular complexity index is 628. The van der Waals surface area contributed by atoms with Crippen LogP contribution in [0.2, 0.25) is 0 Å². The molecule has 0 saturated carbocycles. The van der Waals surface area contributed by atoms with E-state index in [1.807, 2.05) is 36.4 Å². The maximum atomic E-state index is 12.1. The molecule has 0 aliphatic heterocycles. The summed E-state index contributed by atoms with van der Waals surface area (Å²) in [5.41, 5.74) is 3.18. The van der Waals surface area contributed by atoms with Gasteiger partial charge < -0.3 is 10.4 Å². The molecule has 0 unspecified atom stereocenters. The number of pyridine rings is 1. The van der Waals surface area contributed by atoms with Crippen LogP contribution in [0.5, 0.6) is 0 Å². The van der Waals surface area contributed by atoms with Gasteiger partial charge in [0.25, 0.3) is 0 Å². The van der Waals surface area contributed by atoms with Crippen LogP contribution in [-0.4, -0.2) is 22.1 Å². The largest absolute Gasteiger partial charge is 0.390 e. The number of hydrogen-bond donors (Lipinski definition) is 2. The molecule has 108 valence electrons. The zero-order valence-corrected chi connectivity index (χ0v) is 11.7. The number of nitrogens with zero attached hydrogens (tertiary/aromatic N) is 1. The van der Waals surface area contributed by atoms with Crippen molar-refractivity contribution in [1.82, 2.24) is 10.3 Å². The molecule has 0 radical (unpaired) electrons. The summed E-state index contributed by atoms with van der Waals surface area (Å²) < 4.78 is 0. The summed E-state index contributed by atoms with van der Waals surface area (Å²) >= 11 is 0. The standard InChI is InChI=1S/C17H18N2O2/c20-15-10-13-5-1-2-6-14(13)17(15)19-16(21)8-7-12-4-3-9-18-11-12/h1-6,9,11,15,17,20H,7-8,10H2,(H,19,21)/t15-,17+/m0/s1. The Morgan fingerprint density at radius 1 is 1.29 bits per heavy atom. The summed E-state index contributed by atoms with van der Waals surface area (Å²) in [5, 5.41) is 13.1. The van der Waals surface area contributed by atoms with Gasteiger partial charge >= 0.3 is 0 Å². The van der Waals surface area contributed by atoms with E-state index in [1.54, 1.807) is 12.4 Å². The van der Waals surface area contributed by atoms with E-state index in [2.05, 4.69) is 10.3 Å². The third-order valence-corrected chi connectivity index (χ3v) is 3.88. The average Bonchev–Trinajstić information content (AvgIpc) is 2.82. The van der Waals surface area contributed by atoms with Crippen LogP contribution in [0.15, 0.2) is 48.8 Å². The number of aromatic nitrogens is 1. The van der Waals surface area contributed by atoms with Gasteiger partial charge in [-0.1, -0.05) is 30.3 Å². The first kappa shape index (κ1) is 13.8. The Balaban J connectivity index is 1.60. The second kappa shape index (κ2) is 6.06. The summed E-state index contributed by atoms with van der Waals surface area (Å²) in [6.45, 7) is 0. The molecule has 2 aromatic rings. The molecule has 1 amide bonds. The van der Waals surface area contributed by atoms with Gasteiger partial charge in [-0.2, -0.15) is 0 Å². The van der Waals surface area contributed by atoms with Gasteiger partial charge in [0.15, 0.2) is 0 Å². The Labute approximate surface area is 123 Å². The summed E-state index contributed by atoms with van der Waals surface area (Å²) in [7, 11) is 0. The highest BCUT2D eigenvalue weighted by molar-refractivity contribution is 5.77. The Morgan fingerprint density at radius 2 is 2.14 bits per heavy atom. The number of aliphatic hydroxyl groups is 1. The van der Waals surface area contributed by atoms with E-state index < -0.39 is 6.10 Å². The Hall–Kier alpha value is -2.20. The van der Waals surface area contributed by atoms with Crippen molar-refractivity contribution in [3.8, 4) is 0 Å². The lowest BCUT2D eigenvalue weighted by Gasteiger charge is -2.18. The minimum absolute atomic E-state index is 0.0420. The van der Waals surface area contributed by atoms with Gasteiger partial charge in [-0.3, -0.25) is 9.78 Å². The third-order valence-electron chi connectivity index (χ3n) is 3.88. The van der Waals surface area contributed by atoms with E-state index in [4.69, 9.17) is 0 Å². The van der Waals surface area contributed by atoms with Crippen LogP contribution >= 0.6 is 0 Å². The van der Waals surface area contributed by atoms with Crippen molar-refractivity contribution in [2.24, 2.45) is 0 Å². The number of amides is 1. The predicted octanol–water partition coefficient (Wildman–Crippen LogP) is 1.79. The molecule has 0 saturated heterocycles. The molecule has 0 fully saturated rings. The zero-order valence-electron chi connectivity index (χ0n) is 11.7. The van der Waals surface area contributed by atoms with Gasteiger partial charge in [0.05, 0.1) is 12.1 Å². The number of carbonyl (C=O) groups excluding carboxylic acids is 1. The normalized spacial score (nSPS) is 20.0. The fourth-order valence-corrected chi connectivity index (χ4v) is 2.80. The van der Waals surface area contributed by atoms with E-state index in [0.717, 1.165) is 16.7 Å². The molecule has 21 heavy (non-hydrogen) atoms. The summed E-state index contributed by atoms with van der Waals surface area (Å²) in [5.74, 6) is -0.0420. The number of hydrogen-bond acceptors (Lipinski definition) is 3. The predicted molar refractivity (Wildman–Crippen MR) is 79.6 cm³/mol. The number of nitrogens with one attached hydrogen (secondary N) is 1. The molecule has 1 aliphatic rings. The monoisotopic (exact) mass is 282 g/mol. The first-order valence-corrected chi connectivity index (χ1v) is 7.18. The van der Waals surface area contributed by atoms with Gasteiger partial charge in [-0.25, -0.2) is 0 Å². The van der Waals surface area contributed by atoms with Gasteiger partial charge in [0.1, 0.15) is 0 Å². The summed E-state index contributed by atoms with van der Waals surface area (Å²) in [4.78, 5) is 16.1. The highest BCUT2D eigenvalue weighted by Crippen LogP contribution is 2.31. The van der Waals surface area contributed by atoms with Crippen molar-refractivity contribution in [2.75, 3.05) is 0 Å². The maximum absolute atomic E-state index is 12.1. The molecular formula is C17H18N2O2. The van der Waals surface area contributed by atoms with Gasteiger partial charge in [-0.15, -0.1) is 0 Å². The topological polar surface area (TPSA) is 62.2 Å². The zero-order chi connectivity index (χ0) is 14.7. The lowest BCUT2D eigenvalue weighted by Crippen LogP contribution is -2.33. The molecule has 1 heterocycles. The molecule has 2 N–H and O–H groups in total. The smallest absolute Gasteiger partial charge is 0.220 e. The summed E-state index contributed by atoms with van der Waals surface area (Å²) in [6.07, 6.45) is 4.61. The van der Waals surface area contributed by atoms with Gasteiger partial charge in [-0.05, 0) is 29.2 Å². The molecule has 0 spiro atoms. The number of aryl methyl sites for hydroxylation is 1. The Kier molecular flexibility index (Phi) is 3.97. The van der Waals surface area contributed by atoms with E-state index >= 15 is 0 Å². The fourth-order valence-electron chi connectivity index (χ4n) is 2.80. The molecule has 1 aromatic carbocycles. The quantitative estimate of drug-likeness (QED) is 0.898. The van der Waals surface area contributed by atoms with E-state index in [0.29, 0.717) is 19.3 Å². The van der Waals surface area contributed by atoms with E-state index in [-0.39, 0.29) is 11.9 Å². The van der Waals surface area contributed by atoms with E-state index in [1.165, 1.54) is 0 Å². The number of fused-ring (bicyclic) bond motifs is 1. The van der Waals surface area contributed by atoms with Crippen LogP contribution in [0.3, 0.4) is 0 Å². The van der Waals surface area contributed by atoms with Crippen molar-refractivity contribution >= 4 is 5.91 Å². The van der Waals surface area contributed by atoms with Crippen LogP contribution in [0.25, 0.3) is 0 Å². The number of benzene rings is 1. The van der Waals surface area contributed by atoms with Crippen LogP contribution in [-0.2, 0) is 17.6 Å². The van der Waals surface area contributed by atoms with E-state index in [9.17, 15) is 9.90 Å². The minimum Gasteiger partial charge on any atom is -0.390 e. The molecular weight excluding hydrogens is 264 g/mol. The van der Waals surface area contributed by atoms with Gasteiger partial charge in [0, 0.05) is 25.2 Å². The number of carbonyl (C=O) groups is 1. The van der Waals surface area contributed by atoms with Crippen LogP contribution in [0.1, 0.15) is 29.2 Å². The van der Waals surface area contributed by atoms with Crippen molar-refractivity contribution in [3.63, 3.8) is 0 Å². The fraction of sp³-hybridized carbons (Fsp3) is 0.294. The SMILES string of the molecule is O=C(CCc1cccnc1)N[C@@H]1c2ccccc2C[C@@H]1O. The lowest BCUT2D eigenvalue weighted by molar-refractivity contribution is -0.122.